The van der Waals surface area contributed by atoms with Crippen molar-refractivity contribution >= 4 is 29.2 Å². The van der Waals surface area contributed by atoms with E-state index in [2.05, 4.69) is 0 Å². The number of carboxylic acid groups (broad SMARTS) is 1. The lowest BCUT2D eigenvalue weighted by Gasteiger charge is -2.44. The third kappa shape index (κ3) is 2.83. The van der Waals surface area contributed by atoms with Crippen LogP contribution in [0.3, 0.4) is 0 Å². The molecule has 3 nitrogen and oxygen atoms in total. The highest BCUT2D eigenvalue weighted by atomic mass is 35.5. The van der Waals surface area contributed by atoms with E-state index in [-0.39, 0.29) is 5.92 Å². The SMILES string of the molecule is CC1(O)CCC(C(=O)O)(C2C=CC(Cl)=C(Cl)C2)CC1. The van der Waals surface area contributed by atoms with E-state index in [9.17, 15) is 15.0 Å². The van der Waals surface area contributed by atoms with Crippen molar-refractivity contribution in [2.45, 2.75) is 44.6 Å². The van der Waals surface area contributed by atoms with Crippen molar-refractivity contribution in [2.75, 3.05) is 0 Å². The van der Waals surface area contributed by atoms with Crippen molar-refractivity contribution in [1.29, 1.82) is 0 Å². The van der Waals surface area contributed by atoms with Gasteiger partial charge in [-0.25, -0.2) is 0 Å². The van der Waals surface area contributed by atoms with Gasteiger partial charge < -0.3 is 10.2 Å². The molecule has 0 aromatic heterocycles. The number of allylic oxidation sites excluding steroid dienone is 4. The molecular weight excluding hydrogens is 287 g/mol. The maximum atomic E-state index is 11.8. The summed E-state index contributed by atoms with van der Waals surface area (Å²) in [5, 5.41) is 20.7. The molecule has 2 N–H and O–H groups in total. The molecule has 1 unspecified atom stereocenters. The Hall–Kier alpha value is -0.510. The van der Waals surface area contributed by atoms with Gasteiger partial charge in [0.2, 0.25) is 0 Å². The topological polar surface area (TPSA) is 57.5 Å². The van der Waals surface area contributed by atoms with E-state index < -0.39 is 17.0 Å². The smallest absolute Gasteiger partial charge is 0.310 e. The van der Waals surface area contributed by atoms with Crippen LogP contribution in [0.4, 0.5) is 0 Å². The first-order chi connectivity index (χ1) is 8.77. The third-order valence-corrected chi connectivity index (χ3v) is 5.30. The van der Waals surface area contributed by atoms with Crippen LogP contribution in [-0.2, 0) is 4.79 Å². The Morgan fingerprint density at radius 1 is 1.32 bits per heavy atom. The Bertz CT molecular complexity index is 442. The molecule has 1 fully saturated rings. The second-order valence-electron chi connectivity index (χ2n) is 5.88. The zero-order chi connectivity index (χ0) is 14.3. The molecule has 106 valence electrons. The average Bonchev–Trinajstić information content (AvgIpc) is 2.33. The van der Waals surface area contributed by atoms with Crippen LogP contribution < -0.4 is 0 Å². The van der Waals surface area contributed by atoms with Crippen LogP contribution in [0.5, 0.6) is 0 Å². The minimum Gasteiger partial charge on any atom is -0.481 e. The van der Waals surface area contributed by atoms with Crippen LogP contribution in [0.15, 0.2) is 22.2 Å². The minimum atomic E-state index is -0.837. The molecule has 0 aromatic rings. The number of rotatable bonds is 2. The summed E-state index contributed by atoms with van der Waals surface area (Å²) >= 11 is 12.0. The lowest BCUT2D eigenvalue weighted by molar-refractivity contribution is -0.158. The van der Waals surface area contributed by atoms with E-state index in [0.717, 1.165) is 0 Å². The van der Waals surface area contributed by atoms with E-state index in [4.69, 9.17) is 23.2 Å². The van der Waals surface area contributed by atoms with Crippen LogP contribution in [0.2, 0.25) is 0 Å². The van der Waals surface area contributed by atoms with Gasteiger partial charge in [0.15, 0.2) is 0 Å². The van der Waals surface area contributed by atoms with E-state index in [1.165, 1.54) is 0 Å². The van der Waals surface area contributed by atoms with Gasteiger partial charge in [0.1, 0.15) is 0 Å². The molecular formula is C14H18Cl2O3. The number of carboxylic acids is 1. The molecule has 0 heterocycles. The van der Waals surface area contributed by atoms with Gasteiger partial charge in [0.25, 0.3) is 0 Å². The Morgan fingerprint density at radius 3 is 2.37 bits per heavy atom. The molecule has 5 heteroatoms. The lowest BCUT2D eigenvalue weighted by Crippen LogP contribution is -2.46. The van der Waals surface area contributed by atoms with E-state index in [1.807, 2.05) is 6.08 Å². The molecule has 0 amide bonds. The first-order valence-corrected chi connectivity index (χ1v) is 7.21. The minimum absolute atomic E-state index is 0.156. The number of carbonyl (C=O) groups is 1. The number of aliphatic hydroxyl groups is 1. The highest BCUT2D eigenvalue weighted by Gasteiger charge is 2.49. The van der Waals surface area contributed by atoms with Crippen molar-refractivity contribution in [1.82, 2.24) is 0 Å². The second-order valence-corrected chi connectivity index (χ2v) is 6.74. The summed E-state index contributed by atoms with van der Waals surface area (Å²) in [4.78, 5) is 11.8. The number of halogens is 2. The van der Waals surface area contributed by atoms with Gasteiger partial charge >= 0.3 is 5.97 Å². The zero-order valence-electron chi connectivity index (χ0n) is 10.8. The molecule has 0 radical (unpaired) electrons. The van der Waals surface area contributed by atoms with Gasteiger partial charge in [-0.1, -0.05) is 29.3 Å². The van der Waals surface area contributed by atoms with Crippen LogP contribution in [0.1, 0.15) is 39.0 Å². The van der Waals surface area contributed by atoms with Gasteiger partial charge in [-0.05, 0) is 51.0 Å². The van der Waals surface area contributed by atoms with E-state index >= 15 is 0 Å². The van der Waals surface area contributed by atoms with Crippen LogP contribution in [0, 0.1) is 11.3 Å². The molecule has 1 atom stereocenters. The largest absolute Gasteiger partial charge is 0.481 e. The monoisotopic (exact) mass is 304 g/mol. The van der Waals surface area contributed by atoms with Gasteiger partial charge in [0.05, 0.1) is 16.0 Å². The van der Waals surface area contributed by atoms with Crippen LogP contribution in [-0.4, -0.2) is 21.8 Å². The van der Waals surface area contributed by atoms with Gasteiger partial charge in [-0.15, -0.1) is 0 Å². The van der Waals surface area contributed by atoms with Crippen LogP contribution in [0.25, 0.3) is 0 Å². The average molecular weight is 305 g/mol. The molecule has 2 aliphatic carbocycles. The first-order valence-electron chi connectivity index (χ1n) is 6.45. The molecule has 0 bridgehead atoms. The summed E-state index contributed by atoms with van der Waals surface area (Å²) in [6.45, 7) is 1.76. The summed E-state index contributed by atoms with van der Waals surface area (Å²) in [6.07, 6.45) is 5.93. The standard InChI is InChI=1S/C14H18Cl2O3/c1-13(19)4-6-14(7-5-13,12(17)18)9-2-3-10(15)11(16)8-9/h2-3,9,19H,4-8H2,1H3,(H,17,18). The fourth-order valence-corrected chi connectivity index (χ4v) is 3.39. The maximum absolute atomic E-state index is 11.8. The predicted octanol–water partition coefficient (Wildman–Crippen LogP) is 3.65. The number of hydrogen-bond acceptors (Lipinski definition) is 2. The Morgan fingerprint density at radius 2 is 1.89 bits per heavy atom. The predicted molar refractivity (Wildman–Crippen MR) is 75.1 cm³/mol. The Labute approximate surface area is 122 Å². The molecule has 0 spiro atoms. The summed E-state index contributed by atoms with van der Waals surface area (Å²) in [6, 6.07) is 0. The summed E-state index contributed by atoms with van der Waals surface area (Å²) < 4.78 is 0. The summed E-state index contributed by atoms with van der Waals surface area (Å²) in [7, 11) is 0. The van der Waals surface area contributed by atoms with Gasteiger partial charge in [0, 0.05) is 5.03 Å². The fraction of sp³-hybridized carbons (Fsp3) is 0.643. The zero-order valence-corrected chi connectivity index (χ0v) is 12.3. The highest BCUT2D eigenvalue weighted by Crippen LogP contribution is 2.50. The molecule has 0 saturated heterocycles. The van der Waals surface area contributed by atoms with Crippen LogP contribution >= 0.6 is 23.2 Å². The van der Waals surface area contributed by atoms with Crippen molar-refractivity contribution in [2.24, 2.45) is 11.3 Å². The van der Waals surface area contributed by atoms with E-state index in [1.54, 1.807) is 13.0 Å². The molecule has 0 aliphatic heterocycles. The number of aliphatic carboxylic acids is 1. The first kappa shape index (κ1) is 14.9. The molecule has 0 aromatic carbocycles. The molecule has 2 rings (SSSR count). The summed E-state index contributed by atoms with van der Waals surface area (Å²) in [5.41, 5.74) is -1.59. The van der Waals surface area contributed by atoms with Gasteiger partial charge in [-0.2, -0.15) is 0 Å². The highest BCUT2D eigenvalue weighted by molar-refractivity contribution is 6.40. The Kier molecular flexibility index (Phi) is 4.01. The number of hydrogen-bond donors (Lipinski definition) is 2. The van der Waals surface area contributed by atoms with Gasteiger partial charge in [-0.3, -0.25) is 4.79 Å². The second kappa shape index (κ2) is 5.12. The third-order valence-electron chi connectivity index (χ3n) is 4.49. The van der Waals surface area contributed by atoms with E-state index in [0.29, 0.717) is 42.2 Å². The normalized spacial score (nSPS) is 39.5. The quantitative estimate of drug-likeness (QED) is 0.819. The molecule has 19 heavy (non-hydrogen) atoms. The van der Waals surface area contributed by atoms with Crippen molar-refractivity contribution < 1.29 is 15.0 Å². The molecule has 1 saturated carbocycles. The van der Waals surface area contributed by atoms with Crippen molar-refractivity contribution in [3.05, 3.63) is 22.2 Å². The lowest BCUT2D eigenvalue weighted by atomic mass is 9.61. The maximum Gasteiger partial charge on any atom is 0.310 e. The fourth-order valence-electron chi connectivity index (χ4n) is 3.01. The Balaban J connectivity index is 2.24. The molecule has 2 aliphatic rings. The van der Waals surface area contributed by atoms with Crippen molar-refractivity contribution in [3.63, 3.8) is 0 Å². The summed E-state index contributed by atoms with van der Waals surface area (Å²) in [5.74, 6) is -0.962. The van der Waals surface area contributed by atoms with Crippen molar-refractivity contribution in [3.8, 4) is 0 Å².